The maximum Gasteiger partial charge on any atom is 0.237 e. The molecule has 0 spiro atoms. The van der Waals surface area contributed by atoms with Crippen molar-refractivity contribution < 1.29 is 4.79 Å². The quantitative estimate of drug-likeness (QED) is 0.736. The van der Waals surface area contributed by atoms with Crippen molar-refractivity contribution >= 4 is 29.3 Å². The maximum atomic E-state index is 11.9. The van der Waals surface area contributed by atoms with Gasteiger partial charge in [-0.05, 0) is 35.7 Å². The Kier molecular flexibility index (Phi) is 6.17. The number of carbonyl (C=O) groups excluding carboxylic acids is 1. The number of fused-ring (bicyclic) bond motifs is 1. The smallest absolute Gasteiger partial charge is 0.237 e. The summed E-state index contributed by atoms with van der Waals surface area (Å²) in [7, 11) is 0. The van der Waals surface area contributed by atoms with Gasteiger partial charge in [0.15, 0.2) is 0 Å². The van der Waals surface area contributed by atoms with Crippen molar-refractivity contribution in [2.24, 2.45) is 11.7 Å². The lowest BCUT2D eigenvalue weighted by atomic mass is 10.0. The van der Waals surface area contributed by atoms with Gasteiger partial charge in [0.05, 0.1) is 17.1 Å². The summed E-state index contributed by atoms with van der Waals surface area (Å²) in [6.45, 7) is 4.35. The fraction of sp³-hybridized carbons (Fsp3) is 0.263. The maximum absolute atomic E-state index is 11.9. The van der Waals surface area contributed by atoms with Crippen LogP contribution in [-0.4, -0.2) is 21.5 Å². The number of para-hydroxylation sites is 2. The molecule has 1 amide bonds. The number of aromatic nitrogens is 2. The second-order valence-corrected chi connectivity index (χ2v) is 6.26. The molecule has 6 heteroatoms. The van der Waals surface area contributed by atoms with Crippen LogP contribution in [0.1, 0.15) is 19.4 Å². The first kappa shape index (κ1) is 19.0. The molecular weight excluding hydrogens is 336 g/mol. The molecule has 1 aromatic heterocycles. The first-order valence-corrected chi connectivity index (χ1v) is 8.11. The summed E-state index contributed by atoms with van der Waals surface area (Å²) in [5.41, 5.74) is 9.96. The highest BCUT2D eigenvalue weighted by molar-refractivity contribution is 5.85. The number of nitrogens with zero attached hydrogens (tertiary/aromatic N) is 2. The Morgan fingerprint density at radius 1 is 1.16 bits per heavy atom. The Morgan fingerprint density at radius 2 is 1.84 bits per heavy atom. The van der Waals surface area contributed by atoms with Gasteiger partial charge in [0.1, 0.15) is 6.33 Å². The summed E-state index contributed by atoms with van der Waals surface area (Å²) in [4.78, 5) is 16.3. The van der Waals surface area contributed by atoms with Crippen LogP contribution in [0.5, 0.6) is 0 Å². The van der Waals surface area contributed by atoms with Gasteiger partial charge in [-0.25, -0.2) is 4.98 Å². The molecule has 0 bridgehead atoms. The predicted molar refractivity (Wildman–Crippen MR) is 103 cm³/mol. The molecule has 25 heavy (non-hydrogen) atoms. The molecule has 3 rings (SSSR count). The number of imidazole rings is 1. The molecule has 3 N–H and O–H groups in total. The van der Waals surface area contributed by atoms with E-state index in [1.54, 1.807) is 0 Å². The Morgan fingerprint density at radius 3 is 2.52 bits per heavy atom. The molecular formula is C19H23ClN4O. The fourth-order valence-electron chi connectivity index (χ4n) is 2.55. The highest BCUT2D eigenvalue weighted by Crippen LogP contribution is 2.18. The number of nitrogens with one attached hydrogen (secondary N) is 1. The molecule has 1 atom stereocenters. The highest BCUT2D eigenvalue weighted by Gasteiger charge is 2.16. The second-order valence-electron chi connectivity index (χ2n) is 6.26. The van der Waals surface area contributed by atoms with E-state index in [1.807, 2.05) is 73.3 Å². The molecule has 5 nitrogen and oxygen atoms in total. The standard InChI is InChI=1S/C19H22N4O.ClH/c1-13(2)18(20)19(24)21-11-14-7-9-15(10-8-14)23-12-22-16-5-3-4-6-17(16)23;/h3-10,12-13,18H,11,20H2,1-2H3,(H,21,24);1H/t18-;/m0./s1. The van der Waals surface area contributed by atoms with Crippen molar-refractivity contribution in [3.8, 4) is 5.69 Å². The lowest BCUT2D eigenvalue weighted by Crippen LogP contribution is -2.43. The van der Waals surface area contributed by atoms with Crippen LogP contribution in [0.25, 0.3) is 16.7 Å². The van der Waals surface area contributed by atoms with Gasteiger partial charge >= 0.3 is 0 Å². The number of nitrogens with two attached hydrogens (primary N) is 1. The first-order chi connectivity index (χ1) is 11.6. The van der Waals surface area contributed by atoms with Crippen molar-refractivity contribution in [2.75, 3.05) is 0 Å². The summed E-state index contributed by atoms with van der Waals surface area (Å²) in [6.07, 6.45) is 1.82. The summed E-state index contributed by atoms with van der Waals surface area (Å²) in [5.74, 6) is 0.0107. The van der Waals surface area contributed by atoms with E-state index in [4.69, 9.17) is 5.73 Å². The largest absolute Gasteiger partial charge is 0.351 e. The molecule has 3 aromatic rings. The van der Waals surface area contributed by atoms with Gasteiger partial charge in [0.2, 0.25) is 5.91 Å². The van der Waals surface area contributed by atoms with Crippen LogP contribution >= 0.6 is 12.4 Å². The van der Waals surface area contributed by atoms with E-state index in [0.717, 1.165) is 22.3 Å². The zero-order valence-electron chi connectivity index (χ0n) is 14.3. The molecule has 1 heterocycles. The average Bonchev–Trinajstić information content (AvgIpc) is 3.03. The molecule has 2 aromatic carbocycles. The predicted octanol–water partition coefficient (Wildman–Crippen LogP) is 3.05. The molecule has 0 aliphatic rings. The van der Waals surface area contributed by atoms with Crippen LogP contribution in [0.3, 0.4) is 0 Å². The van der Waals surface area contributed by atoms with Gasteiger partial charge in [0, 0.05) is 12.2 Å². The van der Waals surface area contributed by atoms with Gasteiger partial charge in [-0.3, -0.25) is 9.36 Å². The number of halogens is 1. The zero-order chi connectivity index (χ0) is 17.1. The Hall–Kier alpha value is -2.37. The summed E-state index contributed by atoms with van der Waals surface area (Å²) >= 11 is 0. The van der Waals surface area contributed by atoms with Gasteiger partial charge in [-0.1, -0.05) is 38.1 Å². The van der Waals surface area contributed by atoms with E-state index in [0.29, 0.717) is 6.54 Å². The summed E-state index contributed by atoms with van der Waals surface area (Å²) in [5, 5.41) is 2.88. The molecule has 0 unspecified atom stereocenters. The number of hydrogen-bond acceptors (Lipinski definition) is 3. The summed E-state index contributed by atoms with van der Waals surface area (Å²) in [6, 6.07) is 15.6. The molecule has 0 aliphatic carbocycles. The third kappa shape index (κ3) is 4.18. The zero-order valence-corrected chi connectivity index (χ0v) is 15.2. The fourth-order valence-corrected chi connectivity index (χ4v) is 2.55. The van der Waals surface area contributed by atoms with E-state index in [-0.39, 0.29) is 24.2 Å². The van der Waals surface area contributed by atoms with Gasteiger partial charge in [-0.2, -0.15) is 0 Å². The molecule has 0 saturated carbocycles. The van der Waals surface area contributed by atoms with Gasteiger partial charge in [0.25, 0.3) is 0 Å². The Balaban J connectivity index is 0.00000225. The van der Waals surface area contributed by atoms with E-state index < -0.39 is 6.04 Å². The lowest BCUT2D eigenvalue weighted by Gasteiger charge is -2.15. The minimum Gasteiger partial charge on any atom is -0.351 e. The van der Waals surface area contributed by atoms with Crippen molar-refractivity contribution in [2.45, 2.75) is 26.4 Å². The van der Waals surface area contributed by atoms with E-state index in [9.17, 15) is 4.79 Å². The van der Waals surface area contributed by atoms with E-state index in [1.165, 1.54) is 0 Å². The SMILES string of the molecule is CC(C)[C@H](N)C(=O)NCc1ccc(-n2cnc3ccccc32)cc1.Cl. The van der Waals surface area contributed by atoms with Crippen LogP contribution in [-0.2, 0) is 11.3 Å². The number of amides is 1. The van der Waals surface area contributed by atoms with Crippen LogP contribution in [0, 0.1) is 5.92 Å². The molecule has 0 radical (unpaired) electrons. The minimum absolute atomic E-state index is 0. The third-order valence-electron chi connectivity index (χ3n) is 4.16. The van der Waals surface area contributed by atoms with Crippen LogP contribution < -0.4 is 11.1 Å². The van der Waals surface area contributed by atoms with Crippen molar-refractivity contribution in [3.05, 3.63) is 60.4 Å². The number of rotatable bonds is 5. The van der Waals surface area contributed by atoms with Crippen LogP contribution in [0.2, 0.25) is 0 Å². The first-order valence-electron chi connectivity index (χ1n) is 8.11. The minimum atomic E-state index is -0.471. The average molecular weight is 359 g/mol. The molecule has 132 valence electrons. The van der Waals surface area contributed by atoms with Crippen molar-refractivity contribution in [1.82, 2.24) is 14.9 Å². The Bertz CT molecular complexity index is 842. The molecule has 0 saturated heterocycles. The summed E-state index contributed by atoms with van der Waals surface area (Å²) < 4.78 is 2.05. The Labute approximate surface area is 153 Å². The van der Waals surface area contributed by atoms with Gasteiger partial charge in [-0.15, -0.1) is 12.4 Å². The second kappa shape index (κ2) is 8.14. The van der Waals surface area contributed by atoms with E-state index in [2.05, 4.69) is 10.3 Å². The van der Waals surface area contributed by atoms with Crippen molar-refractivity contribution in [1.29, 1.82) is 0 Å². The van der Waals surface area contributed by atoms with E-state index >= 15 is 0 Å². The molecule has 0 fully saturated rings. The van der Waals surface area contributed by atoms with Crippen molar-refractivity contribution in [3.63, 3.8) is 0 Å². The monoisotopic (exact) mass is 358 g/mol. The third-order valence-corrected chi connectivity index (χ3v) is 4.16. The van der Waals surface area contributed by atoms with Gasteiger partial charge < -0.3 is 11.1 Å². The molecule has 0 aliphatic heterocycles. The highest BCUT2D eigenvalue weighted by atomic mass is 35.5. The lowest BCUT2D eigenvalue weighted by molar-refractivity contribution is -0.123. The number of carbonyl (C=O) groups is 1. The normalized spacial score (nSPS) is 12.0. The van der Waals surface area contributed by atoms with Crippen LogP contribution in [0.15, 0.2) is 54.9 Å². The topological polar surface area (TPSA) is 72.9 Å². The van der Waals surface area contributed by atoms with Crippen LogP contribution in [0.4, 0.5) is 0 Å². The number of hydrogen-bond donors (Lipinski definition) is 2. The number of benzene rings is 2.